The molecule has 0 saturated heterocycles. The molecule has 3 aromatic rings. The number of H-pyrrole nitrogens is 1. The number of benzene rings is 1. The molecule has 1 fully saturated rings. The van der Waals surface area contributed by atoms with Crippen LogP contribution in [0.2, 0.25) is 0 Å². The Morgan fingerprint density at radius 1 is 1.14 bits per heavy atom. The number of halogens is 3. The minimum absolute atomic E-state index is 0.0171. The third kappa shape index (κ3) is 5.88. The molecule has 1 aliphatic carbocycles. The van der Waals surface area contributed by atoms with Crippen LogP contribution in [0.4, 0.5) is 13.2 Å². The summed E-state index contributed by atoms with van der Waals surface area (Å²) in [7, 11) is 0. The molecule has 2 amide bonds. The highest BCUT2D eigenvalue weighted by molar-refractivity contribution is 7.10. The van der Waals surface area contributed by atoms with E-state index in [1.165, 1.54) is 28.4 Å². The number of hydrogen-bond acceptors (Lipinski definition) is 5. The molecule has 0 bridgehead atoms. The Hall–Kier alpha value is -3.47. The van der Waals surface area contributed by atoms with Crippen molar-refractivity contribution in [2.75, 3.05) is 6.54 Å². The van der Waals surface area contributed by atoms with Gasteiger partial charge in [-0.1, -0.05) is 18.2 Å². The third-order valence-corrected chi connectivity index (χ3v) is 9.26. The van der Waals surface area contributed by atoms with Gasteiger partial charge in [0.1, 0.15) is 5.82 Å². The summed E-state index contributed by atoms with van der Waals surface area (Å²) in [5.41, 5.74) is 0.425. The molecule has 1 N–H and O–H groups in total. The highest BCUT2D eigenvalue weighted by Gasteiger charge is 2.50. The second-order valence-electron chi connectivity index (χ2n) is 11.8. The number of aromatic amines is 1. The van der Waals surface area contributed by atoms with Gasteiger partial charge in [-0.15, -0.1) is 11.3 Å². The van der Waals surface area contributed by atoms with Crippen molar-refractivity contribution in [3.8, 4) is 0 Å². The summed E-state index contributed by atoms with van der Waals surface area (Å²) in [5.74, 6) is 0.230. The van der Waals surface area contributed by atoms with Crippen LogP contribution in [-0.2, 0) is 35.8 Å². The zero-order chi connectivity index (χ0) is 30.4. The van der Waals surface area contributed by atoms with Gasteiger partial charge in [0.25, 0.3) is 11.5 Å². The molecule has 1 aromatic carbocycles. The van der Waals surface area contributed by atoms with Crippen LogP contribution in [-0.4, -0.2) is 50.2 Å². The molecule has 1 aliphatic heterocycles. The molecule has 0 atom stereocenters. The molecule has 224 valence electrons. The fourth-order valence-electron chi connectivity index (χ4n) is 5.84. The van der Waals surface area contributed by atoms with Crippen LogP contribution in [0.5, 0.6) is 0 Å². The monoisotopic (exact) mass is 600 g/mol. The number of carbonyl (C=O) groups is 2. The summed E-state index contributed by atoms with van der Waals surface area (Å²) in [6.45, 7) is 8.43. The van der Waals surface area contributed by atoms with Crippen LogP contribution in [0.25, 0.3) is 0 Å². The highest BCUT2D eigenvalue weighted by Crippen LogP contribution is 2.54. The largest absolute Gasteiger partial charge is 0.416 e. The molecule has 7 nitrogen and oxygen atoms in total. The number of alkyl halides is 3. The van der Waals surface area contributed by atoms with E-state index in [4.69, 9.17) is 4.98 Å². The predicted octanol–water partition coefficient (Wildman–Crippen LogP) is 5.71. The van der Waals surface area contributed by atoms with E-state index in [1.54, 1.807) is 0 Å². The van der Waals surface area contributed by atoms with E-state index >= 15 is 0 Å². The minimum atomic E-state index is -4.49. The van der Waals surface area contributed by atoms with Gasteiger partial charge >= 0.3 is 6.18 Å². The maximum atomic E-state index is 13.4. The van der Waals surface area contributed by atoms with Crippen molar-refractivity contribution in [1.82, 2.24) is 19.8 Å². The van der Waals surface area contributed by atoms with E-state index in [0.717, 1.165) is 29.9 Å². The van der Waals surface area contributed by atoms with Gasteiger partial charge in [-0.2, -0.15) is 13.2 Å². The molecule has 2 aliphatic rings. The van der Waals surface area contributed by atoms with Crippen LogP contribution in [0.3, 0.4) is 0 Å². The summed E-state index contributed by atoms with van der Waals surface area (Å²) >= 11 is 1.51. The molecule has 11 heteroatoms. The lowest BCUT2D eigenvalue weighted by molar-refractivity contribution is -0.138. The van der Waals surface area contributed by atoms with Crippen molar-refractivity contribution < 1.29 is 22.8 Å². The number of nitrogens with one attached hydrogen (secondary N) is 1. The van der Waals surface area contributed by atoms with Gasteiger partial charge < -0.3 is 14.8 Å². The van der Waals surface area contributed by atoms with E-state index in [-0.39, 0.29) is 48.0 Å². The van der Waals surface area contributed by atoms with Gasteiger partial charge in [0.2, 0.25) is 5.91 Å². The molecule has 3 heterocycles. The van der Waals surface area contributed by atoms with Crippen molar-refractivity contribution in [3.05, 3.63) is 84.7 Å². The lowest BCUT2D eigenvalue weighted by atomic mass is 10.0. The first-order valence-corrected chi connectivity index (χ1v) is 15.2. The Morgan fingerprint density at radius 3 is 2.50 bits per heavy atom. The topological polar surface area (TPSA) is 86.4 Å². The van der Waals surface area contributed by atoms with Gasteiger partial charge in [-0.3, -0.25) is 14.4 Å². The number of hydrogen-bond donors (Lipinski definition) is 1. The fraction of sp³-hybridized carbons (Fsp3) is 0.484. The van der Waals surface area contributed by atoms with Crippen LogP contribution in [0, 0.1) is 0 Å². The van der Waals surface area contributed by atoms with Crippen LogP contribution in [0.15, 0.2) is 40.5 Å². The normalized spacial score (nSPS) is 16.4. The smallest absolute Gasteiger partial charge is 0.338 e. The number of amides is 2. The number of aryl methyl sites for hydroxylation is 1. The molecule has 2 aromatic heterocycles. The van der Waals surface area contributed by atoms with Crippen LogP contribution < -0.4 is 5.56 Å². The van der Waals surface area contributed by atoms with Gasteiger partial charge in [-0.25, -0.2) is 4.98 Å². The quantitative estimate of drug-likeness (QED) is 0.377. The van der Waals surface area contributed by atoms with Gasteiger partial charge in [-0.05, 0) is 71.1 Å². The number of fused-ring (bicyclic) bond motifs is 1. The van der Waals surface area contributed by atoms with E-state index in [1.807, 2.05) is 44.0 Å². The van der Waals surface area contributed by atoms with Gasteiger partial charge in [0, 0.05) is 28.9 Å². The average Bonchev–Trinajstić information content (AvgIpc) is 3.62. The van der Waals surface area contributed by atoms with Crippen molar-refractivity contribution in [2.24, 2.45) is 0 Å². The Kier molecular flexibility index (Phi) is 8.08. The molecule has 5 rings (SSSR count). The number of rotatable bonds is 7. The molecule has 42 heavy (non-hydrogen) atoms. The molecule has 1 saturated carbocycles. The highest BCUT2D eigenvalue weighted by atomic mass is 32.1. The molecule has 0 spiro atoms. The number of thiophene rings is 1. The van der Waals surface area contributed by atoms with Crippen molar-refractivity contribution in [1.29, 1.82) is 0 Å². The van der Waals surface area contributed by atoms with E-state index in [2.05, 4.69) is 4.98 Å². The SMILES string of the molecule is CC(C)N(C(=O)c1csc(C2(c3nc4c(c(=O)[nH]3)CN(C(=O)Cc3cccc(C(F)(F)F)c3)CCC4)CC2)c1)C(C)C. The van der Waals surface area contributed by atoms with Gasteiger partial charge in [0.05, 0.1) is 40.8 Å². The summed E-state index contributed by atoms with van der Waals surface area (Å²) in [6, 6.07) is 6.83. The number of carbonyl (C=O) groups excluding carboxylic acids is 2. The average molecular weight is 601 g/mol. The first-order chi connectivity index (χ1) is 19.8. The zero-order valence-corrected chi connectivity index (χ0v) is 25.0. The Bertz CT molecular complexity index is 1550. The van der Waals surface area contributed by atoms with E-state index < -0.39 is 17.2 Å². The lowest BCUT2D eigenvalue weighted by Crippen LogP contribution is -2.41. The predicted molar refractivity (Wildman–Crippen MR) is 155 cm³/mol. The molecular formula is C31H35F3N4O3S. The second kappa shape index (κ2) is 11.3. The number of aromatic nitrogens is 2. The summed E-state index contributed by atoms with van der Waals surface area (Å²) in [4.78, 5) is 52.0. The molecule has 0 radical (unpaired) electrons. The van der Waals surface area contributed by atoms with E-state index in [0.29, 0.717) is 42.0 Å². The maximum Gasteiger partial charge on any atom is 0.416 e. The number of nitrogens with zero attached hydrogens (tertiary/aromatic N) is 3. The van der Waals surface area contributed by atoms with Crippen LogP contribution >= 0.6 is 11.3 Å². The van der Waals surface area contributed by atoms with Crippen LogP contribution in [0.1, 0.15) is 90.4 Å². The Balaban J connectivity index is 1.36. The summed E-state index contributed by atoms with van der Waals surface area (Å²) in [5, 5.41) is 1.88. The molecule has 0 unspecified atom stereocenters. The maximum absolute atomic E-state index is 13.4. The first kappa shape index (κ1) is 30.0. The molecular weight excluding hydrogens is 565 g/mol. The van der Waals surface area contributed by atoms with Crippen molar-refractivity contribution in [3.63, 3.8) is 0 Å². The first-order valence-electron chi connectivity index (χ1n) is 14.3. The fourth-order valence-corrected chi connectivity index (χ4v) is 6.99. The summed E-state index contributed by atoms with van der Waals surface area (Å²) in [6.07, 6.45) is -1.95. The van der Waals surface area contributed by atoms with Gasteiger partial charge in [0.15, 0.2) is 0 Å². The minimum Gasteiger partial charge on any atom is -0.338 e. The van der Waals surface area contributed by atoms with Crippen molar-refractivity contribution >= 4 is 23.2 Å². The second-order valence-corrected chi connectivity index (χ2v) is 12.7. The van der Waals surface area contributed by atoms with E-state index in [9.17, 15) is 27.6 Å². The van der Waals surface area contributed by atoms with Crippen molar-refractivity contribution in [2.45, 2.75) is 90.0 Å². The Labute approximate surface area is 246 Å². The summed E-state index contributed by atoms with van der Waals surface area (Å²) < 4.78 is 39.4. The standard InChI is InChI=1S/C31H35F3N4O3S/c1-18(2)38(19(3)4)28(41)21-15-25(42-17-21)30(10-11-30)29-35-24-9-6-12-37(16-23(24)27(40)36-29)26(39)14-20-7-5-8-22(13-20)31(32,33)34/h5,7-8,13,15,17-19H,6,9-12,14,16H2,1-4H3,(H,35,36,40). The lowest BCUT2D eigenvalue weighted by Gasteiger charge is -2.30. The third-order valence-electron chi connectivity index (χ3n) is 8.12. The Morgan fingerprint density at radius 2 is 1.86 bits per heavy atom. The zero-order valence-electron chi connectivity index (χ0n) is 24.2.